The van der Waals surface area contributed by atoms with Crippen LogP contribution in [0, 0.1) is 16.5 Å². The number of carboxylic acid groups (broad SMARTS) is 2. The van der Waals surface area contributed by atoms with Gasteiger partial charge in [0, 0.05) is 5.16 Å². The second-order valence-electron chi connectivity index (χ2n) is 4.22. The first-order valence-electron chi connectivity index (χ1n) is 6.54. The number of rotatable bonds is 6. The third-order valence-corrected chi connectivity index (χ3v) is 2.42. The van der Waals surface area contributed by atoms with E-state index in [-0.39, 0.29) is 10.6 Å². The summed E-state index contributed by atoms with van der Waals surface area (Å²) in [5.74, 6) is -3.65. The first-order valence-corrected chi connectivity index (χ1v) is 6.54. The van der Waals surface area contributed by atoms with Gasteiger partial charge in [-0.3, -0.25) is 9.53 Å². The zero-order chi connectivity index (χ0) is 17.1. The number of nitriles is 1. The summed E-state index contributed by atoms with van der Waals surface area (Å²) in [5, 5.41) is 38.2. The van der Waals surface area contributed by atoms with Crippen LogP contribution in [-0.4, -0.2) is 45.3 Å². The molecule has 2 N–H and O–H groups in total. The Balaban J connectivity index is 0.000000626. The van der Waals surface area contributed by atoms with E-state index in [1.165, 1.54) is 0 Å². The smallest absolute Gasteiger partial charge is 0.414 e. The van der Waals surface area contributed by atoms with Gasteiger partial charge in [-0.15, -0.1) is 0 Å². The normalized spacial score (nSPS) is 9.73. The maximum Gasteiger partial charge on any atom is 0.414 e. The van der Waals surface area contributed by atoms with Crippen LogP contribution in [0.15, 0.2) is 4.63 Å². The summed E-state index contributed by atoms with van der Waals surface area (Å²) in [6.45, 7) is 6.51. The number of carboxylic acids is 2. The molecule has 0 spiro atoms. The lowest BCUT2D eigenvalue weighted by Gasteiger charge is -2.17. The van der Waals surface area contributed by atoms with E-state index in [0.29, 0.717) is 12.2 Å². The van der Waals surface area contributed by atoms with Crippen LogP contribution < -0.4 is 4.90 Å². The minimum Gasteiger partial charge on any atom is -0.473 e. The van der Waals surface area contributed by atoms with Crippen molar-refractivity contribution in [2.45, 2.75) is 33.2 Å². The minimum absolute atomic E-state index is 0.0443. The second-order valence-corrected chi connectivity index (χ2v) is 4.22. The van der Waals surface area contributed by atoms with Crippen molar-refractivity contribution < 1.29 is 29.3 Å². The first-order chi connectivity index (χ1) is 10.4. The van der Waals surface area contributed by atoms with E-state index in [0.717, 1.165) is 25.9 Å². The molecule has 10 nitrogen and oxygen atoms in total. The Labute approximate surface area is 126 Å². The Morgan fingerprint density at radius 1 is 1.32 bits per heavy atom. The molecular formula is C12H18N4O6. The van der Waals surface area contributed by atoms with Gasteiger partial charge < -0.3 is 15.4 Å². The molecule has 1 rings (SSSR count). The van der Waals surface area contributed by atoms with Gasteiger partial charge in [0.2, 0.25) is 0 Å². The summed E-state index contributed by atoms with van der Waals surface area (Å²) in [6.07, 6.45) is 2.05. The SMILES string of the molecule is CCCN(CCC)Cc1no[n+]([O-])c1C#N.O=C(O)C(=O)O. The van der Waals surface area contributed by atoms with Crippen molar-refractivity contribution in [3.8, 4) is 6.07 Å². The summed E-state index contributed by atoms with van der Waals surface area (Å²) >= 11 is 0. The maximum atomic E-state index is 11.0. The molecule has 0 unspecified atom stereocenters. The molecule has 122 valence electrons. The summed E-state index contributed by atoms with van der Waals surface area (Å²) in [5.41, 5.74) is 0.372. The van der Waals surface area contributed by atoms with E-state index in [2.05, 4.69) is 28.5 Å². The summed E-state index contributed by atoms with van der Waals surface area (Å²) in [6, 6.07) is 1.80. The highest BCUT2D eigenvalue weighted by atomic mass is 16.8. The van der Waals surface area contributed by atoms with Crippen LogP contribution in [0.25, 0.3) is 0 Å². The van der Waals surface area contributed by atoms with Gasteiger partial charge in [0.25, 0.3) is 11.4 Å². The number of carbonyl (C=O) groups is 2. The monoisotopic (exact) mass is 314 g/mol. The molecule has 1 heterocycles. The fourth-order valence-corrected chi connectivity index (χ4v) is 1.60. The van der Waals surface area contributed by atoms with E-state index < -0.39 is 11.9 Å². The molecule has 0 saturated heterocycles. The number of aliphatic carboxylic acids is 2. The second kappa shape index (κ2) is 10.1. The van der Waals surface area contributed by atoms with Gasteiger partial charge in [0.1, 0.15) is 0 Å². The first kappa shape index (κ1) is 19.3. The largest absolute Gasteiger partial charge is 0.473 e. The van der Waals surface area contributed by atoms with Crippen molar-refractivity contribution in [1.29, 1.82) is 5.26 Å². The number of aromatic nitrogens is 2. The molecule has 22 heavy (non-hydrogen) atoms. The number of hydrogen-bond donors (Lipinski definition) is 2. The van der Waals surface area contributed by atoms with Crippen molar-refractivity contribution in [2.75, 3.05) is 13.1 Å². The van der Waals surface area contributed by atoms with Gasteiger partial charge in [0.05, 0.1) is 6.54 Å². The Morgan fingerprint density at radius 2 is 1.82 bits per heavy atom. The fourth-order valence-electron chi connectivity index (χ4n) is 1.60. The minimum atomic E-state index is -1.82. The van der Waals surface area contributed by atoms with Gasteiger partial charge in [0.15, 0.2) is 6.07 Å². The molecule has 0 atom stereocenters. The van der Waals surface area contributed by atoms with Crippen LogP contribution >= 0.6 is 0 Å². The van der Waals surface area contributed by atoms with Gasteiger partial charge in [-0.1, -0.05) is 13.8 Å². The van der Waals surface area contributed by atoms with E-state index in [1.54, 1.807) is 6.07 Å². The Morgan fingerprint density at radius 3 is 2.18 bits per heavy atom. The lowest BCUT2D eigenvalue weighted by atomic mass is 10.3. The maximum absolute atomic E-state index is 11.0. The third kappa shape index (κ3) is 6.67. The predicted molar refractivity (Wildman–Crippen MR) is 71.3 cm³/mol. The summed E-state index contributed by atoms with van der Waals surface area (Å²) in [4.78, 5) is 20.5. The highest BCUT2D eigenvalue weighted by Gasteiger charge is 2.20. The Bertz CT molecular complexity index is 518. The summed E-state index contributed by atoms with van der Waals surface area (Å²) in [7, 11) is 0. The van der Waals surface area contributed by atoms with E-state index >= 15 is 0 Å². The highest BCUT2D eigenvalue weighted by molar-refractivity contribution is 6.27. The molecule has 0 bridgehead atoms. The molecule has 1 aromatic heterocycles. The quantitative estimate of drug-likeness (QED) is 0.543. The standard InChI is InChI=1S/C10H16N4O2.C2H2O4/c1-3-5-13(6-4-2)8-9-10(7-11)14(15)16-12-9;3-1(4)2(5)6/h3-6,8H2,1-2H3;(H,3,4)(H,5,6). The average Bonchev–Trinajstić information content (AvgIpc) is 2.80. The predicted octanol–water partition coefficient (Wildman–Crippen LogP) is -0.0427. The lowest BCUT2D eigenvalue weighted by molar-refractivity contribution is -0.804. The zero-order valence-electron chi connectivity index (χ0n) is 12.4. The van der Waals surface area contributed by atoms with Crippen molar-refractivity contribution in [3.63, 3.8) is 0 Å². The molecule has 0 aliphatic heterocycles. The van der Waals surface area contributed by atoms with Crippen molar-refractivity contribution >= 4 is 11.9 Å². The van der Waals surface area contributed by atoms with Crippen LogP contribution in [-0.2, 0) is 16.1 Å². The molecule has 0 amide bonds. The van der Waals surface area contributed by atoms with Crippen LogP contribution in [0.5, 0.6) is 0 Å². The molecule has 10 heteroatoms. The molecule has 0 saturated carbocycles. The molecule has 1 aromatic rings. The van der Waals surface area contributed by atoms with Crippen LogP contribution in [0.2, 0.25) is 0 Å². The van der Waals surface area contributed by atoms with Gasteiger partial charge in [-0.05, 0) is 30.8 Å². The number of nitrogens with zero attached hydrogens (tertiary/aromatic N) is 4. The topological polar surface area (TPSA) is 155 Å². The average molecular weight is 314 g/mol. The molecule has 0 aliphatic carbocycles. The molecule has 0 aliphatic rings. The molecule has 0 aromatic carbocycles. The fraction of sp³-hybridized carbons (Fsp3) is 0.583. The van der Waals surface area contributed by atoms with Gasteiger partial charge in [-0.2, -0.15) is 5.26 Å². The molecule has 0 radical (unpaired) electrons. The molecular weight excluding hydrogens is 296 g/mol. The van der Waals surface area contributed by atoms with Crippen molar-refractivity contribution in [2.24, 2.45) is 0 Å². The third-order valence-electron chi connectivity index (χ3n) is 2.42. The van der Waals surface area contributed by atoms with E-state index in [1.807, 2.05) is 0 Å². The van der Waals surface area contributed by atoms with Gasteiger partial charge in [-0.25, -0.2) is 9.59 Å². The van der Waals surface area contributed by atoms with E-state index in [9.17, 15) is 5.21 Å². The van der Waals surface area contributed by atoms with Crippen LogP contribution in [0.3, 0.4) is 0 Å². The highest BCUT2D eigenvalue weighted by Crippen LogP contribution is 2.05. The lowest BCUT2D eigenvalue weighted by Crippen LogP contribution is -2.29. The van der Waals surface area contributed by atoms with Crippen LogP contribution in [0.4, 0.5) is 0 Å². The van der Waals surface area contributed by atoms with Gasteiger partial charge >= 0.3 is 11.9 Å². The zero-order valence-corrected chi connectivity index (χ0v) is 12.4. The van der Waals surface area contributed by atoms with Crippen LogP contribution in [0.1, 0.15) is 38.1 Å². The Hall–Kier alpha value is -2.67. The van der Waals surface area contributed by atoms with Crippen molar-refractivity contribution in [3.05, 3.63) is 16.6 Å². The number of hydrogen-bond acceptors (Lipinski definition) is 7. The van der Waals surface area contributed by atoms with Crippen molar-refractivity contribution in [1.82, 2.24) is 10.1 Å². The van der Waals surface area contributed by atoms with E-state index in [4.69, 9.17) is 25.1 Å². The molecule has 0 fully saturated rings. The summed E-state index contributed by atoms with van der Waals surface area (Å²) < 4.78 is 4.41. The Kier molecular flexibility index (Phi) is 8.89.